The molecule has 1 aromatic carbocycles. The van der Waals surface area contributed by atoms with E-state index >= 15 is 0 Å². The SMILES string of the molecule is CC(C)(C)N1C[C@H](c2cc(F)ccc2Br)[C@@H](C#N)C1. The maximum atomic E-state index is 13.4. The summed E-state index contributed by atoms with van der Waals surface area (Å²) in [4.78, 5) is 2.29. The summed E-state index contributed by atoms with van der Waals surface area (Å²) in [5.41, 5.74) is 0.933. The number of likely N-dealkylation sites (tertiary alicyclic amines) is 1. The van der Waals surface area contributed by atoms with E-state index in [1.54, 1.807) is 12.1 Å². The van der Waals surface area contributed by atoms with Crippen molar-refractivity contribution in [3.63, 3.8) is 0 Å². The van der Waals surface area contributed by atoms with Gasteiger partial charge in [0, 0.05) is 29.0 Å². The second kappa shape index (κ2) is 5.22. The second-order valence-electron chi connectivity index (χ2n) is 6.08. The van der Waals surface area contributed by atoms with Gasteiger partial charge in [-0.2, -0.15) is 5.26 Å². The van der Waals surface area contributed by atoms with Crippen LogP contribution in [0.4, 0.5) is 4.39 Å². The Morgan fingerprint density at radius 2 is 2.05 bits per heavy atom. The van der Waals surface area contributed by atoms with Gasteiger partial charge in [-0.15, -0.1) is 0 Å². The molecule has 0 radical (unpaired) electrons. The van der Waals surface area contributed by atoms with Gasteiger partial charge < -0.3 is 0 Å². The average Bonchev–Trinajstić information content (AvgIpc) is 2.76. The van der Waals surface area contributed by atoms with Gasteiger partial charge in [-0.05, 0) is 44.5 Å². The Morgan fingerprint density at radius 3 is 2.63 bits per heavy atom. The molecule has 0 aliphatic carbocycles. The second-order valence-corrected chi connectivity index (χ2v) is 6.94. The Hall–Kier alpha value is -0.920. The van der Waals surface area contributed by atoms with E-state index in [4.69, 9.17) is 0 Å². The standard InChI is InChI=1S/C15H18BrFN2/c1-15(2,3)19-8-10(7-18)13(9-19)12-6-11(17)4-5-14(12)16/h4-6,10,13H,8-9H2,1-3H3/t10-,13-/m0/s1. The van der Waals surface area contributed by atoms with Crippen LogP contribution in [0.2, 0.25) is 0 Å². The van der Waals surface area contributed by atoms with Crippen LogP contribution >= 0.6 is 15.9 Å². The number of hydrogen-bond acceptors (Lipinski definition) is 2. The summed E-state index contributed by atoms with van der Waals surface area (Å²) in [5, 5.41) is 9.36. The number of nitrogens with zero attached hydrogens (tertiary/aromatic N) is 2. The quantitative estimate of drug-likeness (QED) is 0.782. The third kappa shape index (κ3) is 2.98. The summed E-state index contributed by atoms with van der Waals surface area (Å²) >= 11 is 3.47. The van der Waals surface area contributed by atoms with E-state index in [0.29, 0.717) is 0 Å². The topological polar surface area (TPSA) is 27.0 Å². The number of benzene rings is 1. The van der Waals surface area contributed by atoms with E-state index in [1.807, 2.05) is 0 Å². The van der Waals surface area contributed by atoms with Crippen molar-refractivity contribution in [2.45, 2.75) is 32.2 Å². The van der Waals surface area contributed by atoms with Crippen molar-refractivity contribution in [1.29, 1.82) is 5.26 Å². The molecule has 0 saturated carbocycles. The van der Waals surface area contributed by atoms with Gasteiger partial charge in [-0.3, -0.25) is 4.90 Å². The van der Waals surface area contributed by atoms with Crippen molar-refractivity contribution in [2.24, 2.45) is 5.92 Å². The third-order valence-electron chi connectivity index (χ3n) is 3.79. The summed E-state index contributed by atoms with van der Waals surface area (Å²) in [6, 6.07) is 7.08. The molecule has 1 heterocycles. The zero-order chi connectivity index (χ0) is 14.2. The number of rotatable bonds is 1. The van der Waals surface area contributed by atoms with Gasteiger partial charge >= 0.3 is 0 Å². The van der Waals surface area contributed by atoms with Gasteiger partial charge in [-0.25, -0.2) is 4.39 Å². The van der Waals surface area contributed by atoms with Crippen molar-refractivity contribution in [1.82, 2.24) is 4.90 Å². The molecule has 1 aliphatic heterocycles. The molecule has 2 atom stereocenters. The van der Waals surface area contributed by atoms with Crippen LogP contribution < -0.4 is 0 Å². The first kappa shape index (κ1) is 14.5. The molecule has 1 aliphatic rings. The molecule has 1 fully saturated rings. The highest BCUT2D eigenvalue weighted by Crippen LogP contribution is 2.38. The smallest absolute Gasteiger partial charge is 0.123 e. The van der Waals surface area contributed by atoms with Gasteiger partial charge in [0.15, 0.2) is 0 Å². The lowest BCUT2D eigenvalue weighted by atomic mass is 9.90. The average molecular weight is 325 g/mol. The Labute approximate surface area is 122 Å². The van der Waals surface area contributed by atoms with Gasteiger partial charge in [0.1, 0.15) is 5.82 Å². The summed E-state index contributed by atoms with van der Waals surface area (Å²) in [6.45, 7) is 7.97. The van der Waals surface area contributed by atoms with E-state index in [2.05, 4.69) is 47.7 Å². The highest BCUT2D eigenvalue weighted by atomic mass is 79.9. The zero-order valence-electron chi connectivity index (χ0n) is 11.5. The lowest BCUT2D eigenvalue weighted by molar-refractivity contribution is 0.170. The van der Waals surface area contributed by atoms with Crippen LogP contribution in [0.15, 0.2) is 22.7 Å². The van der Waals surface area contributed by atoms with Gasteiger partial charge in [0.25, 0.3) is 0 Å². The number of halogens is 2. The molecule has 1 saturated heterocycles. The molecule has 0 amide bonds. The van der Waals surface area contributed by atoms with E-state index in [9.17, 15) is 9.65 Å². The largest absolute Gasteiger partial charge is 0.297 e. The van der Waals surface area contributed by atoms with Crippen LogP contribution in [0, 0.1) is 23.1 Å². The third-order valence-corrected chi connectivity index (χ3v) is 4.51. The fourth-order valence-electron chi connectivity index (χ4n) is 2.60. The maximum Gasteiger partial charge on any atom is 0.123 e. The van der Waals surface area contributed by atoms with Crippen molar-refractivity contribution in [2.75, 3.05) is 13.1 Å². The molecular weight excluding hydrogens is 307 g/mol. The highest BCUT2D eigenvalue weighted by molar-refractivity contribution is 9.10. The van der Waals surface area contributed by atoms with E-state index in [-0.39, 0.29) is 23.2 Å². The molecule has 19 heavy (non-hydrogen) atoms. The first-order chi connectivity index (χ1) is 8.82. The Bertz CT molecular complexity index is 516. The molecule has 2 nitrogen and oxygen atoms in total. The molecule has 0 aromatic heterocycles. The normalized spacial score (nSPS) is 24.4. The molecule has 0 spiro atoms. The van der Waals surface area contributed by atoms with Crippen LogP contribution in [-0.4, -0.2) is 23.5 Å². The highest BCUT2D eigenvalue weighted by Gasteiger charge is 2.39. The minimum atomic E-state index is -0.246. The molecule has 0 N–H and O–H groups in total. The summed E-state index contributed by atoms with van der Waals surface area (Å²) < 4.78 is 14.3. The molecule has 2 rings (SSSR count). The van der Waals surface area contributed by atoms with E-state index in [1.165, 1.54) is 6.07 Å². The number of nitriles is 1. The first-order valence-corrected chi connectivity index (χ1v) is 7.22. The predicted octanol–water partition coefficient (Wildman–Crippen LogP) is 3.93. The zero-order valence-corrected chi connectivity index (χ0v) is 13.0. The van der Waals surface area contributed by atoms with Crippen molar-refractivity contribution < 1.29 is 4.39 Å². The van der Waals surface area contributed by atoms with Gasteiger partial charge in [0.2, 0.25) is 0 Å². The fourth-order valence-corrected chi connectivity index (χ4v) is 3.14. The first-order valence-electron chi connectivity index (χ1n) is 6.42. The number of hydrogen-bond donors (Lipinski definition) is 0. The summed E-state index contributed by atoms with van der Waals surface area (Å²) in [6.07, 6.45) is 0. The lowest BCUT2D eigenvalue weighted by Crippen LogP contribution is -2.39. The van der Waals surface area contributed by atoms with Crippen LogP contribution in [0.1, 0.15) is 32.3 Å². The van der Waals surface area contributed by atoms with Gasteiger partial charge in [0.05, 0.1) is 12.0 Å². The van der Waals surface area contributed by atoms with Crippen LogP contribution in [0.5, 0.6) is 0 Å². The van der Waals surface area contributed by atoms with E-state index < -0.39 is 0 Å². The maximum absolute atomic E-state index is 13.4. The Balaban J connectivity index is 2.34. The van der Waals surface area contributed by atoms with Crippen molar-refractivity contribution >= 4 is 15.9 Å². The molecule has 1 aromatic rings. The van der Waals surface area contributed by atoms with Crippen LogP contribution in [0.25, 0.3) is 0 Å². The Kier molecular flexibility index (Phi) is 3.98. The molecule has 0 unspecified atom stereocenters. The summed E-state index contributed by atoms with van der Waals surface area (Å²) in [7, 11) is 0. The van der Waals surface area contributed by atoms with Crippen LogP contribution in [0.3, 0.4) is 0 Å². The minimum absolute atomic E-state index is 0.0314. The molecule has 0 bridgehead atoms. The molecular formula is C15H18BrFN2. The van der Waals surface area contributed by atoms with Gasteiger partial charge in [-0.1, -0.05) is 15.9 Å². The fraction of sp³-hybridized carbons (Fsp3) is 0.533. The van der Waals surface area contributed by atoms with Crippen molar-refractivity contribution in [3.05, 3.63) is 34.1 Å². The van der Waals surface area contributed by atoms with E-state index in [0.717, 1.165) is 23.1 Å². The lowest BCUT2D eigenvalue weighted by Gasteiger charge is -2.31. The Morgan fingerprint density at radius 1 is 1.37 bits per heavy atom. The molecule has 4 heteroatoms. The summed E-state index contributed by atoms with van der Waals surface area (Å²) in [5.74, 6) is -0.268. The van der Waals surface area contributed by atoms with Crippen LogP contribution in [-0.2, 0) is 0 Å². The molecule has 102 valence electrons. The monoisotopic (exact) mass is 324 g/mol. The predicted molar refractivity (Wildman–Crippen MR) is 77.3 cm³/mol. The van der Waals surface area contributed by atoms with Crippen molar-refractivity contribution in [3.8, 4) is 6.07 Å². The minimum Gasteiger partial charge on any atom is -0.297 e.